The predicted molar refractivity (Wildman–Crippen MR) is 84.8 cm³/mol. The third-order valence-corrected chi connectivity index (χ3v) is 6.53. The van der Waals surface area contributed by atoms with Gasteiger partial charge >= 0.3 is 132 Å². The third kappa shape index (κ3) is 16.6. The van der Waals surface area contributed by atoms with Gasteiger partial charge in [-0.05, 0) is 0 Å². The normalized spacial score (nSPS) is 12.2. The van der Waals surface area contributed by atoms with Crippen molar-refractivity contribution in [1.29, 1.82) is 0 Å². The molecule has 0 saturated carbocycles. The van der Waals surface area contributed by atoms with Gasteiger partial charge < -0.3 is 24.8 Å². The first kappa shape index (κ1) is 26.3. The van der Waals surface area contributed by atoms with E-state index in [9.17, 15) is 0 Å². The number of hydrogen-bond acceptors (Lipinski definition) is 0. The van der Waals surface area contributed by atoms with Crippen LogP contribution < -0.4 is 24.8 Å². The summed E-state index contributed by atoms with van der Waals surface area (Å²) in [4.78, 5) is 0. The van der Waals surface area contributed by atoms with E-state index in [1.807, 2.05) is 0 Å². The fraction of sp³-hybridized carbons (Fsp3) is 0.556. The van der Waals surface area contributed by atoms with Crippen LogP contribution in [0.1, 0.15) is 66.2 Å². The third-order valence-electron chi connectivity index (χ3n) is 2.90. The molecule has 0 atom stereocenters. The second kappa shape index (κ2) is 20.4. The molecule has 0 fully saturated rings. The standard InChI is InChI=1S/2C9H15.2ClH.Zr/c2*1-3-5-7-9-8-6-4-2;;;/h2*3,5,7H,4,6,8H2,1-2H3;2*1H;/q;;;;+2/p-2. The van der Waals surface area contributed by atoms with Gasteiger partial charge in [0.15, 0.2) is 0 Å². The molecule has 0 heterocycles. The van der Waals surface area contributed by atoms with Gasteiger partial charge in [0.05, 0.1) is 0 Å². The Labute approximate surface area is 156 Å². The SMILES string of the molecule is CC=CC=[C](CCCC)[Zr+2][C](=CC=CC)CCCC.[Cl-].[Cl-]. The number of halogens is 2. The summed E-state index contributed by atoms with van der Waals surface area (Å²) in [5, 5.41) is 0. The van der Waals surface area contributed by atoms with Crippen LogP contribution in [0.3, 0.4) is 0 Å². The summed E-state index contributed by atoms with van der Waals surface area (Å²) in [5.41, 5.74) is 0. The summed E-state index contributed by atoms with van der Waals surface area (Å²) in [6, 6.07) is 0. The molecule has 0 aliphatic heterocycles. The second-order valence-electron chi connectivity index (χ2n) is 4.77. The average Bonchev–Trinajstić information content (AvgIpc) is 2.44. The summed E-state index contributed by atoms with van der Waals surface area (Å²) < 4.78 is 3.49. The molecule has 0 aliphatic rings. The van der Waals surface area contributed by atoms with Gasteiger partial charge in [-0.2, -0.15) is 0 Å². The minimum Gasteiger partial charge on any atom is -1.00 e. The van der Waals surface area contributed by atoms with Crippen molar-refractivity contribution in [3.8, 4) is 0 Å². The van der Waals surface area contributed by atoms with Crippen molar-refractivity contribution >= 4 is 0 Å². The molecule has 0 radical (unpaired) electrons. The zero-order chi connectivity index (χ0) is 14.3. The Morgan fingerprint density at radius 1 is 0.762 bits per heavy atom. The van der Waals surface area contributed by atoms with E-state index < -0.39 is 23.2 Å². The molecule has 0 N–H and O–H groups in total. The maximum Gasteiger partial charge on any atom is -1.00 e. The molecule has 0 aromatic carbocycles. The van der Waals surface area contributed by atoms with Gasteiger partial charge in [-0.25, -0.2) is 0 Å². The van der Waals surface area contributed by atoms with Crippen LogP contribution in [0.25, 0.3) is 0 Å². The molecule has 0 rings (SSSR count). The van der Waals surface area contributed by atoms with E-state index in [1.165, 1.54) is 38.5 Å². The van der Waals surface area contributed by atoms with Crippen molar-refractivity contribution in [1.82, 2.24) is 0 Å². The van der Waals surface area contributed by atoms with Crippen LogP contribution in [0.4, 0.5) is 0 Å². The molecule has 0 nitrogen and oxygen atoms in total. The van der Waals surface area contributed by atoms with E-state index >= 15 is 0 Å². The van der Waals surface area contributed by atoms with Crippen LogP contribution in [0.5, 0.6) is 0 Å². The monoisotopic (exact) mass is 406 g/mol. The average molecular weight is 409 g/mol. The molecule has 0 aromatic heterocycles. The Kier molecular flexibility index (Phi) is 25.6. The molecular formula is C18H30Cl2Zr. The Balaban J connectivity index is -0.00000162. The van der Waals surface area contributed by atoms with E-state index in [0.717, 1.165) is 0 Å². The molecule has 3 heteroatoms. The molecule has 0 aliphatic carbocycles. The maximum absolute atomic E-state index is 2.39. The van der Waals surface area contributed by atoms with Crippen LogP contribution in [-0.4, -0.2) is 0 Å². The second-order valence-corrected chi connectivity index (χ2v) is 8.54. The molecule has 0 saturated heterocycles. The fourth-order valence-electron chi connectivity index (χ4n) is 1.74. The molecule has 0 bridgehead atoms. The topological polar surface area (TPSA) is 0 Å². The fourth-order valence-corrected chi connectivity index (χ4v) is 5.12. The molecule has 0 amide bonds. The van der Waals surface area contributed by atoms with E-state index in [4.69, 9.17) is 0 Å². The van der Waals surface area contributed by atoms with E-state index in [2.05, 4.69) is 64.2 Å². The van der Waals surface area contributed by atoms with Crippen LogP contribution in [-0.2, 0) is 23.2 Å². The smallest absolute Gasteiger partial charge is 1.00 e. The van der Waals surface area contributed by atoms with Crippen molar-refractivity contribution in [3.05, 3.63) is 43.0 Å². The van der Waals surface area contributed by atoms with Crippen LogP contribution in [0.2, 0.25) is 0 Å². The first-order valence-corrected chi connectivity index (χ1v) is 10.1. The molecule has 120 valence electrons. The molecule has 0 unspecified atom stereocenters. The Morgan fingerprint density at radius 3 is 1.43 bits per heavy atom. The minimum atomic E-state index is -0.529. The summed E-state index contributed by atoms with van der Waals surface area (Å²) in [6.45, 7) is 8.78. The van der Waals surface area contributed by atoms with Gasteiger partial charge in [0.1, 0.15) is 0 Å². The zero-order valence-corrected chi connectivity index (χ0v) is 17.9. The Morgan fingerprint density at radius 2 is 1.14 bits per heavy atom. The Bertz CT molecular complexity index is 296. The van der Waals surface area contributed by atoms with Crippen molar-refractivity contribution in [2.75, 3.05) is 0 Å². The summed E-state index contributed by atoms with van der Waals surface area (Å²) >= 11 is -0.529. The summed E-state index contributed by atoms with van der Waals surface area (Å²) in [7, 11) is 0. The van der Waals surface area contributed by atoms with Crippen LogP contribution in [0, 0.1) is 0 Å². The van der Waals surface area contributed by atoms with Gasteiger partial charge in [-0.15, -0.1) is 0 Å². The van der Waals surface area contributed by atoms with E-state index in [-0.39, 0.29) is 24.8 Å². The molecule has 0 spiro atoms. The van der Waals surface area contributed by atoms with E-state index in [0.29, 0.717) is 0 Å². The van der Waals surface area contributed by atoms with Crippen molar-refractivity contribution in [3.63, 3.8) is 0 Å². The van der Waals surface area contributed by atoms with Crippen molar-refractivity contribution in [2.24, 2.45) is 0 Å². The number of unbranched alkanes of at least 4 members (excludes halogenated alkanes) is 2. The van der Waals surface area contributed by atoms with Crippen LogP contribution in [0.15, 0.2) is 43.0 Å². The van der Waals surface area contributed by atoms with Gasteiger partial charge in [0, 0.05) is 0 Å². The maximum atomic E-state index is 2.39. The van der Waals surface area contributed by atoms with Crippen molar-refractivity contribution < 1.29 is 48.0 Å². The van der Waals surface area contributed by atoms with Gasteiger partial charge in [0.2, 0.25) is 0 Å². The molecule has 21 heavy (non-hydrogen) atoms. The van der Waals surface area contributed by atoms with Crippen LogP contribution >= 0.6 is 0 Å². The van der Waals surface area contributed by atoms with E-state index in [1.54, 1.807) is 6.56 Å². The predicted octanol–water partition coefficient (Wildman–Crippen LogP) is 0.377. The first-order chi connectivity index (χ1) is 9.28. The summed E-state index contributed by atoms with van der Waals surface area (Å²) in [6.07, 6.45) is 21.4. The minimum absolute atomic E-state index is 0. The number of hydrogen-bond donors (Lipinski definition) is 0. The Hall–Kier alpha value is 0.423. The number of rotatable bonds is 10. The quantitative estimate of drug-likeness (QED) is 0.459. The largest absolute Gasteiger partial charge is 1.00 e. The van der Waals surface area contributed by atoms with Gasteiger partial charge in [-0.3, -0.25) is 0 Å². The molecule has 0 aromatic rings. The first-order valence-electron chi connectivity index (χ1n) is 7.69. The number of allylic oxidation sites excluding steroid dienone is 8. The summed E-state index contributed by atoms with van der Waals surface area (Å²) in [5.74, 6) is 0. The zero-order valence-electron chi connectivity index (χ0n) is 14.0. The van der Waals surface area contributed by atoms with Crippen molar-refractivity contribution in [2.45, 2.75) is 66.2 Å². The van der Waals surface area contributed by atoms with Gasteiger partial charge in [0.25, 0.3) is 0 Å². The van der Waals surface area contributed by atoms with Gasteiger partial charge in [-0.1, -0.05) is 0 Å². The molecular weight excluding hydrogens is 378 g/mol.